The van der Waals surface area contributed by atoms with Crippen LogP contribution in [0.2, 0.25) is 0 Å². The molecule has 2 aliphatic heterocycles. The van der Waals surface area contributed by atoms with Gasteiger partial charge in [-0.2, -0.15) is 9.40 Å². The van der Waals surface area contributed by atoms with E-state index in [1.165, 1.54) is 39.3 Å². The Balaban J connectivity index is 1.19. The van der Waals surface area contributed by atoms with Crippen LogP contribution in [0.15, 0.2) is 77.7 Å². The molecule has 3 aromatic carbocycles. The number of nitrogens with zero attached hydrogens (tertiary/aromatic N) is 5. The molecule has 1 aromatic heterocycles. The highest BCUT2D eigenvalue weighted by atomic mass is 32.2. The number of anilines is 1. The van der Waals surface area contributed by atoms with E-state index in [-0.39, 0.29) is 41.2 Å². The van der Waals surface area contributed by atoms with Gasteiger partial charge in [0.05, 0.1) is 22.3 Å². The average Bonchev–Trinajstić information content (AvgIpc) is 3.46. The number of para-hydroxylation sites is 1. The van der Waals surface area contributed by atoms with Gasteiger partial charge in [-0.1, -0.05) is 12.1 Å². The summed E-state index contributed by atoms with van der Waals surface area (Å²) in [7, 11) is -4.12. The summed E-state index contributed by atoms with van der Waals surface area (Å²) in [5.41, 5.74) is 6.96. The van der Waals surface area contributed by atoms with Crippen LogP contribution in [0.5, 0.6) is 17.2 Å². The summed E-state index contributed by atoms with van der Waals surface area (Å²) in [6, 6.07) is 16.4. The van der Waals surface area contributed by atoms with Crippen molar-refractivity contribution in [1.82, 2.24) is 19.0 Å². The summed E-state index contributed by atoms with van der Waals surface area (Å²) in [6.07, 6.45) is -4.20. The predicted octanol–water partition coefficient (Wildman–Crippen LogP) is 4.43. The predicted molar refractivity (Wildman–Crippen MR) is 165 cm³/mol. The maximum absolute atomic E-state index is 13.3. The van der Waals surface area contributed by atoms with E-state index >= 15 is 0 Å². The van der Waals surface area contributed by atoms with Gasteiger partial charge in [0, 0.05) is 38.8 Å². The standard InChI is InChI=1S/C30H28F3N7O7S/c31-30(32,33)47-22-11-9-21(10-12-22)46-20-7-5-19(6-8-20)39-28(29(34)41)27-26(36-39)24(13-14-35-27)37-15-17-38(18-16-37)48(44,45)25-4-2-1-3-23(25)40(42)43/h1-12,24,35H,13-18H2,(H2,34,41)/t24-/m0/s1. The highest BCUT2D eigenvalue weighted by Gasteiger charge is 2.38. The molecule has 0 bridgehead atoms. The molecular formula is C30H28F3N7O7S. The van der Waals surface area contributed by atoms with E-state index in [2.05, 4.69) is 15.0 Å². The number of alkyl halides is 3. The molecule has 1 fully saturated rings. The molecule has 6 rings (SSSR count). The Morgan fingerprint density at radius 1 is 0.958 bits per heavy atom. The van der Waals surface area contributed by atoms with Crippen LogP contribution >= 0.6 is 0 Å². The number of amides is 1. The average molecular weight is 688 g/mol. The van der Waals surface area contributed by atoms with Crippen LogP contribution in [-0.2, 0) is 10.0 Å². The Morgan fingerprint density at radius 3 is 2.17 bits per heavy atom. The fourth-order valence-electron chi connectivity index (χ4n) is 5.80. The lowest BCUT2D eigenvalue weighted by Crippen LogP contribution is -2.50. The van der Waals surface area contributed by atoms with Crippen molar-refractivity contribution in [2.45, 2.75) is 23.7 Å². The van der Waals surface area contributed by atoms with Gasteiger partial charge in [0.2, 0.25) is 10.0 Å². The van der Waals surface area contributed by atoms with Crippen LogP contribution in [-0.4, -0.2) is 77.3 Å². The van der Waals surface area contributed by atoms with Crippen molar-refractivity contribution in [2.24, 2.45) is 5.73 Å². The number of nitrogens with two attached hydrogens (primary N) is 1. The van der Waals surface area contributed by atoms with E-state index in [9.17, 15) is 36.5 Å². The summed E-state index contributed by atoms with van der Waals surface area (Å²) in [5.74, 6) is -0.472. The van der Waals surface area contributed by atoms with E-state index < -0.39 is 32.9 Å². The molecule has 48 heavy (non-hydrogen) atoms. The first-order valence-electron chi connectivity index (χ1n) is 14.6. The largest absolute Gasteiger partial charge is 0.573 e. The minimum atomic E-state index is -4.81. The second-order valence-corrected chi connectivity index (χ2v) is 12.8. The quantitative estimate of drug-likeness (QED) is 0.189. The van der Waals surface area contributed by atoms with Crippen LogP contribution in [0, 0.1) is 10.1 Å². The van der Waals surface area contributed by atoms with Crippen LogP contribution in [0.3, 0.4) is 0 Å². The highest BCUT2D eigenvalue weighted by Crippen LogP contribution is 2.38. The van der Waals surface area contributed by atoms with Crippen LogP contribution in [0.4, 0.5) is 24.5 Å². The topological polar surface area (TPSA) is 175 Å². The summed E-state index contributed by atoms with van der Waals surface area (Å²) in [6.45, 7) is 1.32. The molecule has 1 atom stereocenters. The van der Waals surface area contributed by atoms with Crippen LogP contribution < -0.4 is 20.5 Å². The Bertz CT molecular complexity index is 1940. The lowest BCUT2D eigenvalue weighted by atomic mass is 10.0. The minimum Gasteiger partial charge on any atom is -0.457 e. The normalized spacial score (nSPS) is 17.3. The first kappa shape index (κ1) is 32.7. The molecule has 252 valence electrons. The number of piperazine rings is 1. The highest BCUT2D eigenvalue weighted by molar-refractivity contribution is 7.89. The first-order chi connectivity index (χ1) is 22.8. The van der Waals surface area contributed by atoms with Gasteiger partial charge in [-0.15, -0.1) is 13.2 Å². The van der Waals surface area contributed by atoms with E-state index in [0.717, 1.165) is 18.2 Å². The number of carbonyl (C=O) groups is 1. The number of primary amides is 1. The molecule has 0 saturated carbocycles. The van der Waals surface area contributed by atoms with Crippen LogP contribution in [0.25, 0.3) is 5.69 Å². The van der Waals surface area contributed by atoms with Crippen molar-refractivity contribution in [3.05, 3.63) is 94.3 Å². The number of ether oxygens (including phenoxy) is 2. The van der Waals surface area contributed by atoms with Crippen molar-refractivity contribution < 1.29 is 40.8 Å². The smallest absolute Gasteiger partial charge is 0.457 e. The van der Waals surface area contributed by atoms with Gasteiger partial charge in [-0.05, 0) is 61.0 Å². The number of halogens is 3. The molecule has 0 unspecified atom stereocenters. The molecule has 2 aliphatic rings. The zero-order chi connectivity index (χ0) is 34.2. The lowest BCUT2D eigenvalue weighted by molar-refractivity contribution is -0.387. The second-order valence-electron chi connectivity index (χ2n) is 10.9. The SMILES string of the molecule is NC(=O)c1c2c(nn1-c1ccc(Oc3ccc(OC(F)(F)F)cc3)cc1)[C@@H](N1CCN(S(=O)(=O)c3ccccc3[N+](=O)[O-])CC1)CCN2. The fourth-order valence-corrected chi connectivity index (χ4v) is 7.38. The zero-order valence-electron chi connectivity index (χ0n) is 25.0. The number of aromatic nitrogens is 2. The zero-order valence-corrected chi connectivity index (χ0v) is 25.8. The van der Waals surface area contributed by atoms with Crippen molar-refractivity contribution >= 4 is 27.3 Å². The first-order valence-corrected chi connectivity index (χ1v) is 16.0. The van der Waals surface area contributed by atoms with Crippen molar-refractivity contribution in [3.8, 4) is 22.9 Å². The number of nitro groups is 1. The molecule has 14 nitrogen and oxygen atoms in total. The molecule has 1 amide bonds. The molecule has 0 spiro atoms. The molecule has 3 N–H and O–H groups in total. The number of rotatable bonds is 9. The van der Waals surface area contributed by atoms with Gasteiger partial charge in [-0.25, -0.2) is 13.1 Å². The molecule has 0 aliphatic carbocycles. The maximum Gasteiger partial charge on any atom is 0.573 e. The molecule has 0 radical (unpaired) electrons. The number of fused-ring (bicyclic) bond motifs is 1. The third-order valence-corrected chi connectivity index (χ3v) is 9.90. The summed E-state index contributed by atoms with van der Waals surface area (Å²) in [5, 5.41) is 19.4. The molecule has 3 heterocycles. The Morgan fingerprint density at radius 2 is 1.56 bits per heavy atom. The third-order valence-electron chi connectivity index (χ3n) is 7.95. The van der Waals surface area contributed by atoms with Gasteiger partial charge in [0.25, 0.3) is 11.6 Å². The van der Waals surface area contributed by atoms with Gasteiger partial charge in [0.1, 0.15) is 22.9 Å². The number of nitrogens with one attached hydrogen (secondary N) is 1. The number of nitro benzene ring substituents is 1. The number of carbonyl (C=O) groups excluding carboxylic acids is 1. The number of benzene rings is 3. The van der Waals surface area contributed by atoms with Gasteiger partial charge >= 0.3 is 6.36 Å². The monoisotopic (exact) mass is 687 g/mol. The molecular weight excluding hydrogens is 659 g/mol. The Labute approximate surface area is 271 Å². The van der Waals surface area contributed by atoms with E-state index in [1.54, 1.807) is 24.3 Å². The van der Waals surface area contributed by atoms with Gasteiger partial charge in [-0.3, -0.25) is 19.8 Å². The molecule has 1 saturated heterocycles. The Hall–Kier alpha value is -5.20. The van der Waals surface area contributed by atoms with E-state index in [1.807, 2.05) is 0 Å². The van der Waals surface area contributed by atoms with Crippen LogP contribution in [0.1, 0.15) is 28.6 Å². The fraction of sp³-hybridized carbons (Fsp3) is 0.267. The van der Waals surface area contributed by atoms with E-state index in [0.29, 0.717) is 48.9 Å². The third kappa shape index (κ3) is 6.62. The van der Waals surface area contributed by atoms with E-state index in [4.69, 9.17) is 15.6 Å². The Kier molecular flexibility index (Phi) is 8.71. The van der Waals surface area contributed by atoms with Crippen molar-refractivity contribution in [2.75, 3.05) is 38.0 Å². The van der Waals surface area contributed by atoms with Gasteiger partial charge < -0.3 is 20.5 Å². The number of sulfonamides is 1. The van der Waals surface area contributed by atoms with Crippen molar-refractivity contribution in [1.29, 1.82) is 0 Å². The molecule has 4 aromatic rings. The molecule has 18 heteroatoms. The second kappa shape index (κ2) is 12.8. The van der Waals surface area contributed by atoms with Crippen molar-refractivity contribution in [3.63, 3.8) is 0 Å². The van der Waals surface area contributed by atoms with Gasteiger partial charge in [0.15, 0.2) is 10.6 Å². The lowest BCUT2D eigenvalue weighted by Gasteiger charge is -2.39. The summed E-state index contributed by atoms with van der Waals surface area (Å²) >= 11 is 0. The minimum absolute atomic E-state index is 0.0938. The number of hydrogen-bond acceptors (Lipinski definition) is 10. The summed E-state index contributed by atoms with van der Waals surface area (Å²) in [4.78, 5) is 25.1. The number of hydrogen-bond donors (Lipinski definition) is 2. The maximum atomic E-state index is 13.3. The summed E-state index contributed by atoms with van der Waals surface area (Å²) < 4.78 is 76.2.